The molecule has 2 aromatic heterocycles. The summed E-state index contributed by atoms with van der Waals surface area (Å²) < 4.78 is 58.0. The minimum Gasteiger partial charge on any atom is -0.508 e. The highest BCUT2D eigenvalue weighted by Crippen LogP contribution is 2.44. The van der Waals surface area contributed by atoms with Gasteiger partial charge in [0.15, 0.2) is 11.6 Å². The number of nitrogens with two attached hydrogens (primary N) is 1. The number of aromatic nitrogens is 3. The average molecular weight is 617 g/mol. The van der Waals surface area contributed by atoms with E-state index in [-0.39, 0.29) is 76.3 Å². The number of alkyl halides is 1. The molecule has 2 saturated heterocycles. The van der Waals surface area contributed by atoms with E-state index in [2.05, 4.69) is 25.8 Å². The largest absolute Gasteiger partial charge is 0.508 e. The van der Waals surface area contributed by atoms with E-state index in [4.69, 9.17) is 21.6 Å². The predicted molar refractivity (Wildman–Crippen MR) is 160 cm³/mol. The number of pyridine rings is 1. The number of benzene rings is 2. The maximum absolute atomic E-state index is 16.8. The van der Waals surface area contributed by atoms with Gasteiger partial charge < -0.3 is 25.2 Å². The van der Waals surface area contributed by atoms with Crippen LogP contribution in [0.4, 0.5) is 19.0 Å². The van der Waals surface area contributed by atoms with Gasteiger partial charge in [0.25, 0.3) is 0 Å². The van der Waals surface area contributed by atoms with Crippen LogP contribution in [0.15, 0.2) is 36.5 Å². The lowest BCUT2D eigenvalue weighted by Gasteiger charge is -2.31. The number of halogens is 3. The van der Waals surface area contributed by atoms with Gasteiger partial charge in [-0.3, -0.25) is 9.69 Å². The Kier molecular flexibility index (Phi) is 6.89. The molecule has 3 aliphatic rings. The molecule has 0 unspecified atom stereocenters. The second-order valence-electron chi connectivity index (χ2n) is 11.4. The van der Waals surface area contributed by atoms with Gasteiger partial charge in [-0.1, -0.05) is 12.0 Å². The van der Waals surface area contributed by atoms with E-state index < -0.39 is 29.3 Å². The van der Waals surface area contributed by atoms with Crippen molar-refractivity contribution in [2.45, 2.75) is 31.0 Å². The van der Waals surface area contributed by atoms with Crippen molar-refractivity contribution in [2.24, 2.45) is 5.73 Å². The molecule has 2 fully saturated rings. The van der Waals surface area contributed by atoms with Crippen LogP contribution in [-0.4, -0.2) is 75.4 Å². The third-order valence-corrected chi connectivity index (χ3v) is 8.66. The Morgan fingerprint density at radius 2 is 2.09 bits per heavy atom. The van der Waals surface area contributed by atoms with Crippen LogP contribution < -0.4 is 20.1 Å². The Balaban J connectivity index is 1.44. The molecule has 3 aliphatic heterocycles. The van der Waals surface area contributed by atoms with E-state index in [9.17, 15) is 18.7 Å². The Bertz CT molecular complexity index is 1960. The molecule has 2 aromatic carbocycles. The molecule has 0 bridgehead atoms. The van der Waals surface area contributed by atoms with Crippen molar-refractivity contribution < 1.29 is 32.5 Å². The minimum absolute atomic E-state index is 0.0227. The fourth-order valence-electron chi connectivity index (χ4n) is 6.71. The van der Waals surface area contributed by atoms with Crippen LogP contribution in [-0.2, 0) is 4.79 Å². The van der Waals surface area contributed by atoms with Gasteiger partial charge in [0.05, 0.1) is 17.6 Å². The normalized spacial score (nSPS) is 21.2. The van der Waals surface area contributed by atoms with Gasteiger partial charge in [0.2, 0.25) is 11.8 Å². The second-order valence-corrected chi connectivity index (χ2v) is 11.4. The van der Waals surface area contributed by atoms with Crippen molar-refractivity contribution in [1.29, 1.82) is 0 Å². The van der Waals surface area contributed by atoms with Crippen molar-refractivity contribution in [3.05, 3.63) is 53.7 Å². The highest BCUT2D eigenvalue weighted by molar-refractivity contribution is 6.04. The lowest BCUT2D eigenvalue weighted by molar-refractivity contribution is -0.113. The number of hydrogen-bond donors (Lipinski definition) is 2. The predicted octanol–water partition coefficient (Wildman–Crippen LogP) is 3.96. The average Bonchev–Trinajstić information content (AvgIpc) is 3.47. The zero-order valence-corrected chi connectivity index (χ0v) is 23.9. The number of hydrogen-bond acceptors (Lipinski definition) is 9. The van der Waals surface area contributed by atoms with Gasteiger partial charge in [0.1, 0.15) is 47.5 Å². The standard InChI is InChI=1S/C32H27F3N6O4/c1-2-20-22(34)5-4-17-12-19(42)13-21(24(17)20)27-26(35)28-25-29(40(9-6-23(36)43)10-11-44-30(25)37-27)39-31(38-28)45-16-32-7-3-8-41(32)15-18(33)14-32/h1,4-6,9,12-13,18,42H,3,7-8,10-11,14-16H2,(H2,36,43)/t18-,32+/m1/s1. The molecular weight excluding hydrogens is 589 g/mol. The van der Waals surface area contributed by atoms with Gasteiger partial charge >= 0.3 is 6.01 Å². The number of phenolic OH excluding ortho intramolecular Hbond substituents is 1. The summed E-state index contributed by atoms with van der Waals surface area (Å²) in [5.41, 5.74) is 4.17. The molecule has 13 heteroatoms. The van der Waals surface area contributed by atoms with E-state index in [1.54, 1.807) is 4.90 Å². The van der Waals surface area contributed by atoms with E-state index in [0.717, 1.165) is 25.5 Å². The summed E-state index contributed by atoms with van der Waals surface area (Å²) in [4.78, 5) is 28.7. The smallest absolute Gasteiger partial charge is 0.319 e. The number of aromatic hydroxyl groups is 1. The molecule has 0 spiro atoms. The first kappa shape index (κ1) is 28.7. The van der Waals surface area contributed by atoms with Crippen molar-refractivity contribution in [2.75, 3.05) is 37.7 Å². The Hall–Kier alpha value is -5.09. The van der Waals surface area contributed by atoms with Gasteiger partial charge in [-0.25, -0.2) is 18.2 Å². The first-order valence-corrected chi connectivity index (χ1v) is 14.4. The number of anilines is 1. The Morgan fingerprint density at radius 3 is 2.89 bits per heavy atom. The SMILES string of the molecule is C#Cc1c(F)ccc2cc(O)cc(-c3nc4c5c(nc(OC[C@@]67CCCN6C[C@H](F)C7)nc5c3F)N(C=CC(N)=O)CCO4)c12. The molecule has 0 radical (unpaired) electrons. The van der Waals surface area contributed by atoms with Crippen molar-refractivity contribution in [3.63, 3.8) is 0 Å². The highest BCUT2D eigenvalue weighted by atomic mass is 19.1. The van der Waals surface area contributed by atoms with Gasteiger partial charge in [-0.2, -0.15) is 9.97 Å². The van der Waals surface area contributed by atoms with E-state index in [0.29, 0.717) is 18.4 Å². The van der Waals surface area contributed by atoms with E-state index >= 15 is 4.39 Å². The van der Waals surface area contributed by atoms with E-state index in [1.165, 1.54) is 30.5 Å². The third-order valence-electron chi connectivity index (χ3n) is 8.66. The van der Waals surface area contributed by atoms with E-state index in [1.807, 2.05) is 0 Å². The molecule has 230 valence electrons. The molecule has 0 saturated carbocycles. The number of phenols is 1. The number of amides is 1. The quantitative estimate of drug-likeness (QED) is 0.245. The molecule has 7 rings (SSSR count). The number of rotatable bonds is 6. The maximum atomic E-state index is 16.8. The zero-order valence-electron chi connectivity index (χ0n) is 23.9. The van der Waals surface area contributed by atoms with Gasteiger partial charge in [-0.15, -0.1) is 6.42 Å². The summed E-state index contributed by atoms with van der Waals surface area (Å²) >= 11 is 0. The molecule has 1 amide bonds. The number of nitrogens with zero attached hydrogens (tertiary/aromatic N) is 5. The Labute approximate surface area is 255 Å². The Morgan fingerprint density at radius 1 is 1.24 bits per heavy atom. The molecule has 0 aliphatic carbocycles. The fourth-order valence-corrected chi connectivity index (χ4v) is 6.71. The first-order valence-electron chi connectivity index (χ1n) is 14.4. The van der Waals surface area contributed by atoms with Crippen LogP contribution in [0.2, 0.25) is 0 Å². The summed E-state index contributed by atoms with van der Waals surface area (Å²) in [6.45, 7) is 1.37. The number of primary amides is 1. The first-order chi connectivity index (χ1) is 21.7. The highest BCUT2D eigenvalue weighted by Gasteiger charge is 2.49. The van der Waals surface area contributed by atoms with Crippen LogP contribution in [0.1, 0.15) is 24.8 Å². The minimum atomic E-state index is -0.980. The number of terminal acetylenes is 1. The number of carbonyl (C=O) groups is 1. The number of ether oxygens (including phenoxy) is 2. The van der Waals surface area contributed by atoms with Crippen molar-refractivity contribution >= 4 is 33.4 Å². The number of fused-ring (bicyclic) bond motifs is 2. The molecule has 2 atom stereocenters. The fraction of sp³-hybridized carbons (Fsp3) is 0.312. The van der Waals surface area contributed by atoms with Crippen LogP contribution in [0, 0.1) is 24.0 Å². The summed E-state index contributed by atoms with van der Waals surface area (Å²) in [5.74, 6) is -0.146. The summed E-state index contributed by atoms with van der Waals surface area (Å²) in [6.07, 6.45) is 9.13. The van der Waals surface area contributed by atoms with Crippen LogP contribution in [0.5, 0.6) is 17.6 Å². The summed E-state index contributed by atoms with van der Waals surface area (Å²) in [7, 11) is 0. The number of carbonyl (C=O) groups excluding carboxylic acids is 1. The molecule has 3 N–H and O–H groups in total. The van der Waals surface area contributed by atoms with Crippen LogP contribution >= 0.6 is 0 Å². The lowest BCUT2D eigenvalue weighted by Crippen LogP contribution is -2.43. The maximum Gasteiger partial charge on any atom is 0.319 e. The summed E-state index contributed by atoms with van der Waals surface area (Å²) in [5, 5.41) is 11.2. The van der Waals surface area contributed by atoms with Crippen molar-refractivity contribution in [1.82, 2.24) is 19.9 Å². The zero-order chi connectivity index (χ0) is 31.5. The van der Waals surface area contributed by atoms with Crippen LogP contribution in [0.25, 0.3) is 32.9 Å². The third kappa shape index (κ3) is 4.82. The van der Waals surface area contributed by atoms with Crippen molar-refractivity contribution in [3.8, 4) is 41.2 Å². The molecular formula is C32H27F3N6O4. The molecule has 5 heterocycles. The second kappa shape index (κ2) is 10.8. The van der Waals surface area contributed by atoms with Crippen LogP contribution in [0.3, 0.4) is 0 Å². The molecule has 45 heavy (non-hydrogen) atoms. The molecule has 4 aromatic rings. The van der Waals surface area contributed by atoms with Gasteiger partial charge in [0, 0.05) is 36.2 Å². The van der Waals surface area contributed by atoms with Gasteiger partial charge in [-0.05, 0) is 43.0 Å². The topological polar surface area (TPSA) is 127 Å². The summed E-state index contributed by atoms with van der Waals surface area (Å²) in [6, 6.07) is 5.03. The molecule has 10 nitrogen and oxygen atoms in total. The monoisotopic (exact) mass is 616 g/mol. The lowest BCUT2D eigenvalue weighted by atomic mass is 9.95.